The third kappa shape index (κ3) is 4.47. The number of esters is 2. The van der Waals surface area contributed by atoms with Crippen molar-refractivity contribution in [1.82, 2.24) is 4.90 Å². The number of hydrogen-bond donors (Lipinski definition) is 0. The van der Waals surface area contributed by atoms with E-state index in [1.54, 1.807) is 12.3 Å². The first kappa shape index (κ1) is 23.6. The molecule has 5 heteroatoms. The summed E-state index contributed by atoms with van der Waals surface area (Å²) < 4.78 is 11.3. The van der Waals surface area contributed by atoms with Crippen molar-refractivity contribution in [3.05, 3.63) is 59.8 Å². The summed E-state index contributed by atoms with van der Waals surface area (Å²) in [4.78, 5) is 27.9. The molecule has 2 heterocycles. The van der Waals surface area contributed by atoms with E-state index >= 15 is 0 Å². The molecule has 0 amide bonds. The van der Waals surface area contributed by atoms with Crippen LogP contribution in [0.3, 0.4) is 0 Å². The van der Waals surface area contributed by atoms with Gasteiger partial charge in [0.05, 0.1) is 12.7 Å². The number of carbonyl (C=O) groups is 2. The Morgan fingerprint density at radius 1 is 1.12 bits per heavy atom. The zero-order valence-corrected chi connectivity index (χ0v) is 20.4. The van der Waals surface area contributed by atoms with Crippen molar-refractivity contribution < 1.29 is 19.1 Å². The molecule has 0 bridgehead atoms. The second-order valence-electron chi connectivity index (χ2n) is 10.5. The molecule has 4 rings (SSSR count). The number of carbonyl (C=O) groups excluding carboxylic acids is 2. The van der Waals surface area contributed by atoms with E-state index in [1.165, 1.54) is 12.7 Å². The maximum absolute atomic E-state index is 13.8. The quantitative estimate of drug-likeness (QED) is 0.579. The van der Waals surface area contributed by atoms with Crippen LogP contribution in [0.1, 0.15) is 64.9 Å². The van der Waals surface area contributed by atoms with Crippen molar-refractivity contribution in [3.63, 3.8) is 0 Å². The van der Waals surface area contributed by atoms with Gasteiger partial charge in [0.15, 0.2) is 5.54 Å². The Morgan fingerprint density at radius 3 is 2.61 bits per heavy atom. The standard InChI is InChI=1S/C28H37NO4/c1-20-12-13-23(27(2,3)22-10-6-5-7-11-22)24(18-20)33-26(31)28-15-8-9-17-29(28)19-21(14-16-28)25(30)32-4/h5-7,10-11,14,16,19-20,23-24H,8-9,12-13,15,17-18H2,1-4H3/t20-,23-,24-,28-/m1/s1. The summed E-state index contributed by atoms with van der Waals surface area (Å²) in [5, 5.41) is 0. The Labute approximate surface area is 197 Å². The van der Waals surface area contributed by atoms with Crippen molar-refractivity contribution in [1.29, 1.82) is 0 Å². The second kappa shape index (κ2) is 9.36. The van der Waals surface area contributed by atoms with Gasteiger partial charge in [-0.1, -0.05) is 57.5 Å². The minimum absolute atomic E-state index is 0.101. The average Bonchev–Trinajstić information content (AvgIpc) is 2.83. The first-order valence-corrected chi connectivity index (χ1v) is 12.3. The molecule has 0 radical (unpaired) electrons. The van der Waals surface area contributed by atoms with Gasteiger partial charge in [-0.2, -0.15) is 0 Å². The molecule has 0 N–H and O–H groups in total. The highest BCUT2D eigenvalue weighted by Crippen LogP contribution is 2.45. The summed E-state index contributed by atoms with van der Waals surface area (Å²) in [5.41, 5.74) is 0.817. The number of benzene rings is 1. The van der Waals surface area contributed by atoms with Gasteiger partial charge in [0, 0.05) is 18.7 Å². The summed E-state index contributed by atoms with van der Waals surface area (Å²) in [6.45, 7) is 7.53. The molecule has 1 saturated carbocycles. The van der Waals surface area contributed by atoms with Crippen LogP contribution in [0, 0.1) is 11.8 Å². The van der Waals surface area contributed by atoms with Crippen LogP contribution in [0.25, 0.3) is 0 Å². The molecular weight excluding hydrogens is 414 g/mol. The van der Waals surface area contributed by atoms with E-state index in [0.717, 1.165) is 38.6 Å². The summed E-state index contributed by atoms with van der Waals surface area (Å²) in [6.07, 6.45) is 11.0. The number of ether oxygens (including phenoxy) is 2. The van der Waals surface area contributed by atoms with Crippen molar-refractivity contribution in [2.75, 3.05) is 13.7 Å². The van der Waals surface area contributed by atoms with Gasteiger partial charge in [-0.3, -0.25) is 0 Å². The fraction of sp³-hybridized carbons (Fsp3) is 0.571. The molecular formula is C28H37NO4. The zero-order valence-electron chi connectivity index (χ0n) is 20.4. The molecule has 1 aromatic rings. The number of piperidine rings is 1. The van der Waals surface area contributed by atoms with Crippen LogP contribution in [-0.4, -0.2) is 42.1 Å². The van der Waals surface area contributed by atoms with Crippen LogP contribution in [-0.2, 0) is 24.5 Å². The van der Waals surface area contributed by atoms with Crippen LogP contribution in [0.2, 0.25) is 0 Å². The summed E-state index contributed by atoms with van der Waals surface area (Å²) in [7, 11) is 1.38. The molecule has 3 aliphatic rings. The van der Waals surface area contributed by atoms with Crippen LogP contribution in [0.4, 0.5) is 0 Å². The minimum Gasteiger partial charge on any atom is -0.465 e. The zero-order chi connectivity index (χ0) is 23.6. The number of rotatable bonds is 5. The largest absolute Gasteiger partial charge is 0.465 e. The van der Waals surface area contributed by atoms with Gasteiger partial charge in [-0.05, 0) is 61.2 Å². The van der Waals surface area contributed by atoms with Gasteiger partial charge in [0.1, 0.15) is 6.10 Å². The van der Waals surface area contributed by atoms with Gasteiger partial charge in [0.2, 0.25) is 0 Å². The number of methoxy groups -OCH3 is 1. The fourth-order valence-electron chi connectivity index (χ4n) is 5.95. The van der Waals surface area contributed by atoms with E-state index < -0.39 is 5.54 Å². The molecule has 0 unspecified atom stereocenters. The lowest BCUT2D eigenvalue weighted by Gasteiger charge is -2.48. The Morgan fingerprint density at radius 2 is 1.88 bits per heavy atom. The summed E-state index contributed by atoms with van der Waals surface area (Å²) >= 11 is 0. The van der Waals surface area contributed by atoms with Gasteiger partial charge in [-0.25, -0.2) is 9.59 Å². The lowest BCUT2D eigenvalue weighted by Crippen LogP contribution is -2.57. The topological polar surface area (TPSA) is 55.8 Å². The van der Waals surface area contributed by atoms with Gasteiger partial charge in [0.25, 0.3) is 0 Å². The van der Waals surface area contributed by atoms with Crippen molar-refractivity contribution in [2.45, 2.75) is 76.4 Å². The van der Waals surface area contributed by atoms with Crippen molar-refractivity contribution >= 4 is 11.9 Å². The number of nitrogens with zero attached hydrogens (tertiary/aromatic N) is 1. The molecule has 1 saturated heterocycles. The summed E-state index contributed by atoms with van der Waals surface area (Å²) in [5.74, 6) is 0.205. The molecule has 5 nitrogen and oxygen atoms in total. The molecule has 2 fully saturated rings. The highest BCUT2D eigenvalue weighted by Gasteiger charge is 2.49. The molecule has 178 valence electrons. The van der Waals surface area contributed by atoms with Gasteiger partial charge in [-0.15, -0.1) is 0 Å². The third-order valence-electron chi connectivity index (χ3n) is 8.08. The predicted octanol–water partition coefficient (Wildman–Crippen LogP) is 5.16. The molecule has 1 aromatic carbocycles. The van der Waals surface area contributed by atoms with E-state index in [0.29, 0.717) is 17.9 Å². The number of fused-ring (bicyclic) bond motifs is 1. The smallest absolute Gasteiger partial charge is 0.339 e. The minimum atomic E-state index is -0.835. The fourth-order valence-corrected chi connectivity index (χ4v) is 5.95. The molecule has 2 aliphatic heterocycles. The van der Waals surface area contributed by atoms with E-state index in [-0.39, 0.29) is 29.4 Å². The van der Waals surface area contributed by atoms with E-state index in [2.05, 4.69) is 45.0 Å². The van der Waals surface area contributed by atoms with Gasteiger partial charge < -0.3 is 14.4 Å². The molecule has 1 aliphatic carbocycles. The first-order valence-electron chi connectivity index (χ1n) is 12.3. The molecule has 4 atom stereocenters. The average molecular weight is 452 g/mol. The normalized spacial score (nSPS) is 29.6. The predicted molar refractivity (Wildman–Crippen MR) is 128 cm³/mol. The van der Waals surface area contributed by atoms with Crippen molar-refractivity contribution in [3.8, 4) is 0 Å². The molecule has 0 spiro atoms. The Hall–Kier alpha value is -2.56. The second-order valence-corrected chi connectivity index (χ2v) is 10.5. The maximum atomic E-state index is 13.8. The van der Waals surface area contributed by atoms with E-state index in [9.17, 15) is 9.59 Å². The SMILES string of the molecule is COC(=O)C1=CN2CCCC[C@]2(C(=O)O[C@@H]2C[C@H](C)CC[C@H]2C(C)(C)c2ccccc2)C=C1. The van der Waals surface area contributed by atoms with Crippen LogP contribution in [0.5, 0.6) is 0 Å². The first-order chi connectivity index (χ1) is 15.8. The Balaban J connectivity index is 1.59. The highest BCUT2D eigenvalue weighted by molar-refractivity contribution is 5.93. The van der Waals surface area contributed by atoms with Crippen LogP contribution < -0.4 is 0 Å². The molecule has 0 aromatic heterocycles. The monoisotopic (exact) mass is 451 g/mol. The summed E-state index contributed by atoms with van der Waals surface area (Å²) in [6, 6.07) is 10.6. The highest BCUT2D eigenvalue weighted by atomic mass is 16.5. The van der Waals surface area contributed by atoms with E-state index in [4.69, 9.17) is 9.47 Å². The van der Waals surface area contributed by atoms with Crippen LogP contribution >= 0.6 is 0 Å². The Bertz CT molecular complexity index is 934. The maximum Gasteiger partial charge on any atom is 0.339 e. The van der Waals surface area contributed by atoms with E-state index in [1.807, 2.05) is 17.0 Å². The molecule has 33 heavy (non-hydrogen) atoms. The van der Waals surface area contributed by atoms with Crippen LogP contribution in [0.15, 0.2) is 54.3 Å². The Kier molecular flexibility index (Phi) is 6.69. The lowest BCUT2D eigenvalue weighted by atomic mass is 9.64. The number of hydrogen-bond acceptors (Lipinski definition) is 5. The lowest BCUT2D eigenvalue weighted by molar-refractivity contribution is -0.168. The van der Waals surface area contributed by atoms with Gasteiger partial charge >= 0.3 is 11.9 Å². The third-order valence-corrected chi connectivity index (χ3v) is 8.08. The van der Waals surface area contributed by atoms with Crippen molar-refractivity contribution in [2.24, 2.45) is 11.8 Å².